The topological polar surface area (TPSA) is 32.3 Å². The summed E-state index contributed by atoms with van der Waals surface area (Å²) in [7, 11) is 1.97. The molecule has 1 aliphatic heterocycles. The third-order valence-electron chi connectivity index (χ3n) is 3.83. The van der Waals surface area contributed by atoms with Gasteiger partial charge in [-0.05, 0) is 39.2 Å². The van der Waals surface area contributed by atoms with Crippen molar-refractivity contribution in [2.24, 2.45) is 5.41 Å². The summed E-state index contributed by atoms with van der Waals surface area (Å²) in [5, 5.41) is 3.28. The third kappa shape index (κ3) is 1.54. The van der Waals surface area contributed by atoms with E-state index in [9.17, 15) is 4.79 Å². The van der Waals surface area contributed by atoms with Crippen LogP contribution in [0.1, 0.15) is 32.6 Å². The molecule has 1 saturated heterocycles. The molecule has 1 amide bonds. The number of carbonyl (C=O) groups excluding carboxylic acids is 1. The van der Waals surface area contributed by atoms with E-state index < -0.39 is 0 Å². The fourth-order valence-electron chi connectivity index (χ4n) is 2.37. The van der Waals surface area contributed by atoms with Gasteiger partial charge in [-0.2, -0.15) is 0 Å². The summed E-state index contributed by atoms with van der Waals surface area (Å²) in [5.41, 5.74) is -0.135. The fourth-order valence-corrected chi connectivity index (χ4v) is 2.37. The molecule has 0 spiro atoms. The molecule has 1 saturated carbocycles. The molecule has 0 aromatic heterocycles. The van der Waals surface area contributed by atoms with E-state index in [0.717, 1.165) is 19.5 Å². The Kier molecular flexibility index (Phi) is 2.52. The molecule has 1 aliphatic carbocycles. The largest absolute Gasteiger partial charge is 0.342 e. The summed E-state index contributed by atoms with van der Waals surface area (Å²) in [4.78, 5) is 14.2. The zero-order valence-corrected chi connectivity index (χ0v) is 9.18. The summed E-state index contributed by atoms with van der Waals surface area (Å²) >= 11 is 0. The van der Waals surface area contributed by atoms with E-state index in [2.05, 4.69) is 12.2 Å². The van der Waals surface area contributed by atoms with E-state index >= 15 is 0 Å². The second-order valence-electron chi connectivity index (χ2n) is 4.99. The van der Waals surface area contributed by atoms with Gasteiger partial charge in [0.15, 0.2) is 0 Å². The van der Waals surface area contributed by atoms with Crippen LogP contribution in [0.2, 0.25) is 0 Å². The van der Waals surface area contributed by atoms with Crippen molar-refractivity contribution in [1.82, 2.24) is 10.2 Å². The predicted molar refractivity (Wildman–Crippen MR) is 56.0 cm³/mol. The van der Waals surface area contributed by atoms with E-state index in [4.69, 9.17) is 0 Å². The highest BCUT2D eigenvalue weighted by Gasteiger charge is 2.40. The average molecular weight is 196 g/mol. The van der Waals surface area contributed by atoms with E-state index in [0.29, 0.717) is 11.9 Å². The fraction of sp³-hybridized carbons (Fsp3) is 0.909. The van der Waals surface area contributed by atoms with Gasteiger partial charge >= 0.3 is 0 Å². The first-order valence-electron chi connectivity index (χ1n) is 5.61. The van der Waals surface area contributed by atoms with Crippen molar-refractivity contribution in [1.29, 1.82) is 0 Å². The van der Waals surface area contributed by atoms with E-state index in [1.807, 2.05) is 11.9 Å². The molecular weight excluding hydrogens is 176 g/mol. The minimum absolute atomic E-state index is 0.135. The predicted octanol–water partition coefficient (Wildman–Crippen LogP) is 0.997. The van der Waals surface area contributed by atoms with Gasteiger partial charge < -0.3 is 10.2 Å². The Morgan fingerprint density at radius 3 is 2.64 bits per heavy atom. The summed E-state index contributed by atoms with van der Waals surface area (Å²) in [5.74, 6) is 0.340. The van der Waals surface area contributed by atoms with Crippen molar-refractivity contribution >= 4 is 5.91 Å². The Balaban J connectivity index is 1.98. The van der Waals surface area contributed by atoms with Crippen LogP contribution in [0.25, 0.3) is 0 Å². The van der Waals surface area contributed by atoms with E-state index in [1.165, 1.54) is 19.3 Å². The second kappa shape index (κ2) is 3.54. The Hall–Kier alpha value is -0.570. The molecule has 0 aromatic rings. The molecule has 80 valence electrons. The van der Waals surface area contributed by atoms with Crippen molar-refractivity contribution in [2.75, 3.05) is 20.1 Å². The molecule has 1 unspecified atom stereocenters. The molecule has 1 atom stereocenters. The molecule has 0 radical (unpaired) electrons. The van der Waals surface area contributed by atoms with Gasteiger partial charge in [-0.1, -0.05) is 0 Å². The number of hydrogen-bond acceptors (Lipinski definition) is 2. The van der Waals surface area contributed by atoms with Crippen molar-refractivity contribution in [3.8, 4) is 0 Å². The Bertz CT molecular complexity index is 229. The molecule has 0 bridgehead atoms. The van der Waals surface area contributed by atoms with Crippen molar-refractivity contribution < 1.29 is 4.79 Å². The lowest BCUT2D eigenvalue weighted by Gasteiger charge is -2.38. The van der Waals surface area contributed by atoms with Crippen LogP contribution in [-0.2, 0) is 4.79 Å². The summed E-state index contributed by atoms with van der Waals surface area (Å²) in [6.45, 7) is 3.92. The minimum atomic E-state index is -0.135. The summed E-state index contributed by atoms with van der Waals surface area (Å²) in [6, 6.07) is 0.528. The van der Waals surface area contributed by atoms with Gasteiger partial charge in [-0.15, -0.1) is 0 Å². The maximum Gasteiger partial charge on any atom is 0.229 e. The van der Waals surface area contributed by atoms with Crippen LogP contribution in [0.4, 0.5) is 0 Å². The van der Waals surface area contributed by atoms with E-state index in [-0.39, 0.29) is 5.41 Å². The van der Waals surface area contributed by atoms with E-state index in [1.54, 1.807) is 0 Å². The van der Waals surface area contributed by atoms with Gasteiger partial charge in [0.1, 0.15) is 0 Å². The summed E-state index contributed by atoms with van der Waals surface area (Å²) in [6.07, 6.45) is 4.68. The molecule has 1 N–H and O–H groups in total. The normalized spacial score (nSPS) is 32.7. The molecular formula is C11H20N2O. The molecule has 2 fully saturated rings. The number of nitrogens with one attached hydrogen (secondary N) is 1. The zero-order valence-electron chi connectivity index (χ0n) is 9.18. The first-order valence-corrected chi connectivity index (χ1v) is 5.61. The van der Waals surface area contributed by atoms with Crippen LogP contribution in [-0.4, -0.2) is 37.0 Å². The highest BCUT2D eigenvalue weighted by Crippen LogP contribution is 2.31. The average Bonchev–Trinajstić information content (AvgIpc) is 2.49. The van der Waals surface area contributed by atoms with Gasteiger partial charge in [-0.25, -0.2) is 0 Å². The minimum Gasteiger partial charge on any atom is -0.342 e. The SMILES string of the molecule is CN(C(=O)C1(C)CCNC1)C1CCC1. The first kappa shape index (κ1) is 9.97. The molecule has 14 heavy (non-hydrogen) atoms. The maximum atomic E-state index is 12.2. The van der Waals surface area contributed by atoms with Crippen LogP contribution in [0, 0.1) is 5.41 Å². The van der Waals surface area contributed by atoms with Gasteiger partial charge in [0.25, 0.3) is 0 Å². The molecule has 3 heteroatoms. The van der Waals surface area contributed by atoms with Crippen molar-refractivity contribution in [3.05, 3.63) is 0 Å². The lowest BCUT2D eigenvalue weighted by atomic mass is 9.85. The van der Waals surface area contributed by atoms with Gasteiger partial charge in [0.2, 0.25) is 5.91 Å². The lowest BCUT2D eigenvalue weighted by molar-refractivity contribution is -0.142. The standard InChI is InChI=1S/C11H20N2O/c1-11(6-7-12-8-11)10(14)13(2)9-4-3-5-9/h9,12H,3-8H2,1-2H3. The second-order valence-corrected chi connectivity index (χ2v) is 4.99. The first-order chi connectivity index (χ1) is 6.63. The van der Waals surface area contributed by atoms with Gasteiger partial charge in [-0.3, -0.25) is 4.79 Å². The zero-order chi connectivity index (χ0) is 10.2. The maximum absolute atomic E-state index is 12.2. The monoisotopic (exact) mass is 196 g/mol. The molecule has 2 rings (SSSR count). The number of rotatable bonds is 2. The summed E-state index contributed by atoms with van der Waals surface area (Å²) < 4.78 is 0. The molecule has 2 aliphatic rings. The third-order valence-corrected chi connectivity index (χ3v) is 3.83. The lowest BCUT2D eigenvalue weighted by Crippen LogP contribution is -2.48. The number of carbonyl (C=O) groups is 1. The molecule has 3 nitrogen and oxygen atoms in total. The Morgan fingerprint density at radius 2 is 2.21 bits per heavy atom. The highest BCUT2D eigenvalue weighted by atomic mass is 16.2. The number of nitrogens with zero attached hydrogens (tertiary/aromatic N) is 1. The van der Waals surface area contributed by atoms with Crippen molar-refractivity contribution in [2.45, 2.75) is 38.6 Å². The number of amides is 1. The van der Waals surface area contributed by atoms with Crippen LogP contribution < -0.4 is 5.32 Å². The molecule has 0 aromatic carbocycles. The highest BCUT2D eigenvalue weighted by molar-refractivity contribution is 5.83. The van der Waals surface area contributed by atoms with Crippen molar-refractivity contribution in [3.63, 3.8) is 0 Å². The quantitative estimate of drug-likeness (QED) is 0.714. The van der Waals surface area contributed by atoms with Crippen LogP contribution in [0.15, 0.2) is 0 Å². The Labute approximate surface area is 85.8 Å². The Morgan fingerprint density at radius 1 is 1.50 bits per heavy atom. The number of hydrogen-bond donors (Lipinski definition) is 1. The van der Waals surface area contributed by atoms with Gasteiger partial charge in [0, 0.05) is 19.6 Å². The molecule has 1 heterocycles. The van der Waals surface area contributed by atoms with Crippen LogP contribution in [0.5, 0.6) is 0 Å². The van der Waals surface area contributed by atoms with Gasteiger partial charge in [0.05, 0.1) is 5.41 Å². The van der Waals surface area contributed by atoms with Crippen LogP contribution >= 0.6 is 0 Å². The smallest absolute Gasteiger partial charge is 0.229 e. The van der Waals surface area contributed by atoms with Crippen LogP contribution in [0.3, 0.4) is 0 Å².